The molecule has 0 radical (unpaired) electrons. The van der Waals surface area contributed by atoms with Crippen LogP contribution < -0.4 is 5.73 Å². The van der Waals surface area contributed by atoms with Gasteiger partial charge in [0.1, 0.15) is 0 Å². The third-order valence-electron chi connectivity index (χ3n) is 3.88. The van der Waals surface area contributed by atoms with Crippen molar-refractivity contribution in [2.24, 2.45) is 5.73 Å². The smallest absolute Gasteiger partial charge is 0.0349 e. The second kappa shape index (κ2) is 7.90. The van der Waals surface area contributed by atoms with E-state index < -0.39 is 0 Å². The maximum absolute atomic E-state index is 5.96. The van der Waals surface area contributed by atoms with Crippen LogP contribution >= 0.6 is 11.3 Å². The fraction of sp³-hybridized carbons (Fsp3) is 0.529. The molecule has 1 aromatic heterocycles. The van der Waals surface area contributed by atoms with Gasteiger partial charge in [-0.05, 0) is 57.2 Å². The van der Waals surface area contributed by atoms with Gasteiger partial charge in [0.25, 0.3) is 0 Å². The minimum atomic E-state index is 0.643. The SMILES string of the molecule is CCN(CCCN(C)C)Cc1c(CN)sc2ccccc12. The van der Waals surface area contributed by atoms with Gasteiger partial charge in [-0.2, -0.15) is 0 Å². The van der Waals surface area contributed by atoms with E-state index in [1.54, 1.807) is 0 Å². The standard InChI is InChI=1S/C17H27N3S/c1-4-20(11-7-10-19(2)3)13-15-14-8-5-6-9-16(14)21-17(15)12-18/h5-6,8-9H,4,7,10-13,18H2,1-3H3. The van der Waals surface area contributed by atoms with Gasteiger partial charge in [0.2, 0.25) is 0 Å². The fourth-order valence-electron chi connectivity index (χ4n) is 2.67. The predicted octanol–water partition coefficient (Wildman–Crippen LogP) is 3.13. The van der Waals surface area contributed by atoms with Gasteiger partial charge < -0.3 is 10.6 Å². The van der Waals surface area contributed by atoms with Crippen LogP contribution in [0.25, 0.3) is 10.1 Å². The fourth-order valence-corrected chi connectivity index (χ4v) is 3.77. The van der Waals surface area contributed by atoms with Gasteiger partial charge in [0.05, 0.1) is 0 Å². The lowest BCUT2D eigenvalue weighted by Gasteiger charge is -2.22. The van der Waals surface area contributed by atoms with Crippen LogP contribution in [0.3, 0.4) is 0 Å². The maximum atomic E-state index is 5.96. The van der Waals surface area contributed by atoms with Gasteiger partial charge in [0.15, 0.2) is 0 Å². The van der Waals surface area contributed by atoms with Crippen LogP contribution in [0.15, 0.2) is 24.3 Å². The number of hydrogen-bond acceptors (Lipinski definition) is 4. The Morgan fingerprint density at radius 3 is 2.57 bits per heavy atom. The molecule has 1 aromatic carbocycles. The van der Waals surface area contributed by atoms with Crippen LogP contribution in [-0.2, 0) is 13.1 Å². The summed E-state index contributed by atoms with van der Waals surface area (Å²) in [5, 5.41) is 1.38. The number of rotatable bonds is 8. The first-order valence-electron chi connectivity index (χ1n) is 7.72. The molecule has 0 aliphatic heterocycles. The van der Waals surface area contributed by atoms with Crippen LogP contribution in [-0.4, -0.2) is 43.5 Å². The number of benzene rings is 1. The van der Waals surface area contributed by atoms with E-state index in [-0.39, 0.29) is 0 Å². The Bertz CT molecular complexity index is 562. The molecule has 1 heterocycles. The Morgan fingerprint density at radius 2 is 1.90 bits per heavy atom. The zero-order valence-corrected chi connectivity index (χ0v) is 14.2. The molecule has 0 bridgehead atoms. The Balaban J connectivity index is 2.12. The first kappa shape index (κ1) is 16.4. The molecule has 0 aliphatic carbocycles. The summed E-state index contributed by atoms with van der Waals surface area (Å²) in [6.45, 7) is 7.27. The van der Waals surface area contributed by atoms with Crippen molar-refractivity contribution in [3.8, 4) is 0 Å². The van der Waals surface area contributed by atoms with Gasteiger partial charge in [0, 0.05) is 22.7 Å². The molecule has 2 N–H and O–H groups in total. The van der Waals surface area contributed by atoms with Crippen molar-refractivity contribution in [3.63, 3.8) is 0 Å². The average Bonchev–Trinajstić information content (AvgIpc) is 2.83. The lowest BCUT2D eigenvalue weighted by molar-refractivity contribution is 0.260. The van der Waals surface area contributed by atoms with E-state index in [1.807, 2.05) is 11.3 Å². The Morgan fingerprint density at radius 1 is 1.14 bits per heavy atom. The van der Waals surface area contributed by atoms with Crippen molar-refractivity contribution in [1.29, 1.82) is 0 Å². The number of nitrogens with two attached hydrogens (primary N) is 1. The summed E-state index contributed by atoms with van der Waals surface area (Å²) in [6.07, 6.45) is 1.21. The molecule has 0 atom stereocenters. The highest BCUT2D eigenvalue weighted by molar-refractivity contribution is 7.19. The maximum Gasteiger partial charge on any atom is 0.0349 e. The van der Waals surface area contributed by atoms with Gasteiger partial charge >= 0.3 is 0 Å². The van der Waals surface area contributed by atoms with Crippen molar-refractivity contribution in [3.05, 3.63) is 34.7 Å². The van der Waals surface area contributed by atoms with Crippen molar-refractivity contribution in [2.75, 3.05) is 33.7 Å². The number of nitrogens with zero attached hydrogens (tertiary/aromatic N) is 2. The molecular weight excluding hydrogens is 278 g/mol. The highest BCUT2D eigenvalue weighted by atomic mass is 32.1. The topological polar surface area (TPSA) is 32.5 Å². The van der Waals surface area contributed by atoms with Crippen molar-refractivity contribution >= 4 is 21.4 Å². The van der Waals surface area contributed by atoms with Crippen molar-refractivity contribution < 1.29 is 0 Å². The molecule has 2 rings (SSSR count). The average molecular weight is 305 g/mol. The molecule has 2 aromatic rings. The highest BCUT2D eigenvalue weighted by Gasteiger charge is 2.13. The van der Waals surface area contributed by atoms with Crippen LogP contribution in [0.1, 0.15) is 23.8 Å². The van der Waals surface area contributed by atoms with E-state index in [1.165, 1.54) is 26.9 Å². The first-order valence-corrected chi connectivity index (χ1v) is 8.53. The molecule has 4 heteroatoms. The summed E-state index contributed by atoms with van der Waals surface area (Å²) >= 11 is 1.85. The van der Waals surface area contributed by atoms with Gasteiger partial charge in [-0.3, -0.25) is 4.90 Å². The second-order valence-corrected chi connectivity index (χ2v) is 6.87. The largest absolute Gasteiger partial charge is 0.326 e. The summed E-state index contributed by atoms with van der Waals surface area (Å²) in [4.78, 5) is 6.11. The Labute approximate surface area is 132 Å². The molecule has 0 unspecified atom stereocenters. The van der Waals surface area contributed by atoms with Crippen LogP contribution in [0.4, 0.5) is 0 Å². The first-order chi connectivity index (χ1) is 10.2. The molecule has 0 spiro atoms. The van der Waals surface area contributed by atoms with Gasteiger partial charge in [-0.15, -0.1) is 11.3 Å². The zero-order valence-electron chi connectivity index (χ0n) is 13.4. The molecule has 0 saturated heterocycles. The Kier molecular flexibility index (Phi) is 6.18. The van der Waals surface area contributed by atoms with Crippen molar-refractivity contribution in [1.82, 2.24) is 9.80 Å². The molecular formula is C17H27N3S. The molecule has 116 valence electrons. The van der Waals surface area contributed by atoms with Crippen molar-refractivity contribution in [2.45, 2.75) is 26.4 Å². The van der Waals surface area contributed by atoms with E-state index in [0.29, 0.717) is 6.54 Å². The zero-order chi connectivity index (χ0) is 15.2. The van der Waals surface area contributed by atoms with E-state index in [0.717, 1.165) is 26.2 Å². The highest BCUT2D eigenvalue weighted by Crippen LogP contribution is 2.31. The van der Waals surface area contributed by atoms with E-state index in [4.69, 9.17) is 5.73 Å². The summed E-state index contributed by atoms with van der Waals surface area (Å²) in [5.41, 5.74) is 7.39. The van der Waals surface area contributed by atoms with Crippen LogP contribution in [0.2, 0.25) is 0 Å². The van der Waals surface area contributed by atoms with E-state index >= 15 is 0 Å². The Hall–Kier alpha value is -0.940. The normalized spacial score (nSPS) is 11.9. The second-order valence-electron chi connectivity index (χ2n) is 5.73. The molecule has 0 amide bonds. The van der Waals surface area contributed by atoms with Gasteiger partial charge in [-0.1, -0.05) is 25.1 Å². The van der Waals surface area contributed by atoms with Gasteiger partial charge in [-0.25, -0.2) is 0 Å². The van der Waals surface area contributed by atoms with E-state index in [9.17, 15) is 0 Å². The third-order valence-corrected chi connectivity index (χ3v) is 5.11. The predicted molar refractivity (Wildman–Crippen MR) is 93.8 cm³/mol. The molecule has 3 nitrogen and oxygen atoms in total. The third kappa shape index (κ3) is 4.27. The van der Waals surface area contributed by atoms with Crippen LogP contribution in [0.5, 0.6) is 0 Å². The molecule has 0 aliphatic rings. The lowest BCUT2D eigenvalue weighted by Crippen LogP contribution is -2.27. The number of fused-ring (bicyclic) bond motifs is 1. The summed E-state index contributed by atoms with van der Waals surface area (Å²) in [6, 6.07) is 8.66. The number of hydrogen-bond donors (Lipinski definition) is 1. The molecule has 0 saturated carbocycles. The monoisotopic (exact) mass is 305 g/mol. The minimum absolute atomic E-state index is 0.643. The summed E-state index contributed by atoms with van der Waals surface area (Å²) in [7, 11) is 4.27. The lowest BCUT2D eigenvalue weighted by atomic mass is 10.1. The quantitative estimate of drug-likeness (QED) is 0.813. The summed E-state index contributed by atoms with van der Waals surface area (Å²) < 4.78 is 1.36. The van der Waals surface area contributed by atoms with E-state index in [2.05, 4.69) is 55.1 Å². The summed E-state index contributed by atoms with van der Waals surface area (Å²) in [5.74, 6) is 0. The minimum Gasteiger partial charge on any atom is -0.326 e. The molecule has 0 fully saturated rings. The molecule has 21 heavy (non-hydrogen) atoms. The van der Waals surface area contributed by atoms with Crippen LogP contribution in [0, 0.1) is 0 Å². The number of thiophene rings is 1.